The number of hydrogen-bond acceptors (Lipinski definition) is 10. The minimum atomic E-state index is -4.99. The van der Waals surface area contributed by atoms with E-state index in [0.29, 0.717) is 22.3 Å². The van der Waals surface area contributed by atoms with Gasteiger partial charge in [0.1, 0.15) is 21.2 Å². The molecular formula is C34H26N4O8S2. The lowest BCUT2D eigenvalue weighted by Crippen LogP contribution is -2.19. The van der Waals surface area contributed by atoms with E-state index >= 15 is 0 Å². The number of hydrogen-bond donors (Lipinski definition) is 4. The van der Waals surface area contributed by atoms with Gasteiger partial charge in [-0.05, 0) is 72.5 Å². The van der Waals surface area contributed by atoms with E-state index in [4.69, 9.17) is 0 Å². The minimum Gasteiger partial charge on any atom is -0.287 e. The molecule has 0 bridgehead atoms. The van der Waals surface area contributed by atoms with Crippen LogP contribution in [0.4, 0.5) is 11.4 Å². The number of rotatable bonds is 7. The molecule has 0 atom stereocenters. The van der Waals surface area contributed by atoms with Gasteiger partial charge in [0, 0.05) is 22.3 Å². The third-order valence-electron chi connectivity index (χ3n) is 7.80. The van der Waals surface area contributed by atoms with Crippen LogP contribution in [0.3, 0.4) is 0 Å². The number of anilines is 2. The number of carbonyl (C=O) groups is 2. The van der Waals surface area contributed by atoms with Gasteiger partial charge in [0.05, 0.1) is 11.4 Å². The summed E-state index contributed by atoms with van der Waals surface area (Å²) >= 11 is 0. The van der Waals surface area contributed by atoms with Crippen LogP contribution in [-0.4, -0.2) is 48.9 Å². The number of carbonyl (C=O) groups excluding carboxylic acids is 2. The van der Waals surface area contributed by atoms with Crippen LogP contribution in [0.15, 0.2) is 105 Å². The molecule has 0 aromatic heterocycles. The van der Waals surface area contributed by atoms with Crippen molar-refractivity contribution in [2.45, 2.75) is 23.6 Å². The van der Waals surface area contributed by atoms with Gasteiger partial charge in [0.15, 0.2) is 0 Å². The molecular weight excluding hydrogens is 657 g/mol. The van der Waals surface area contributed by atoms with Gasteiger partial charge >= 0.3 is 0 Å². The Balaban J connectivity index is 1.43. The van der Waals surface area contributed by atoms with Gasteiger partial charge in [-0.25, -0.2) is 0 Å². The maximum Gasteiger partial charge on any atom is 0.295 e. The molecule has 0 saturated carbocycles. The molecule has 2 aliphatic rings. The molecule has 0 heterocycles. The van der Waals surface area contributed by atoms with E-state index in [1.54, 1.807) is 74.5 Å². The lowest BCUT2D eigenvalue weighted by atomic mass is 9.95. The molecule has 0 amide bonds. The smallest absolute Gasteiger partial charge is 0.287 e. The lowest BCUT2D eigenvalue weighted by molar-refractivity contribution is -0.109. The number of ketones is 2. The predicted octanol–water partition coefficient (Wildman–Crippen LogP) is 5.29. The van der Waals surface area contributed by atoms with Crippen LogP contribution in [-0.2, 0) is 29.8 Å². The Kier molecular flexibility index (Phi) is 8.26. The highest BCUT2D eigenvalue weighted by Crippen LogP contribution is 2.39. The lowest BCUT2D eigenvalue weighted by Gasteiger charge is -2.18. The van der Waals surface area contributed by atoms with Crippen LogP contribution in [0.2, 0.25) is 0 Å². The van der Waals surface area contributed by atoms with Crippen LogP contribution >= 0.6 is 0 Å². The summed E-state index contributed by atoms with van der Waals surface area (Å²) in [5.74, 6) is -0.766. The zero-order chi connectivity index (χ0) is 34.4. The minimum absolute atomic E-state index is 0.0790. The van der Waals surface area contributed by atoms with E-state index in [-0.39, 0.29) is 45.5 Å². The van der Waals surface area contributed by atoms with E-state index < -0.39 is 30.0 Å². The summed E-state index contributed by atoms with van der Waals surface area (Å²) in [6.07, 6.45) is 6.02. The average molecular weight is 683 g/mol. The fraction of sp³-hybridized carbons (Fsp3) is 0.0588. The molecule has 0 spiro atoms. The normalized spacial score (nSPS) is 15.8. The van der Waals surface area contributed by atoms with Gasteiger partial charge < -0.3 is 0 Å². The molecule has 0 saturated heterocycles. The zero-order valence-corrected chi connectivity index (χ0v) is 26.9. The first kappa shape index (κ1) is 32.4. The maximum absolute atomic E-state index is 12.7. The van der Waals surface area contributed by atoms with Crippen LogP contribution in [0.1, 0.15) is 33.4 Å². The highest BCUT2D eigenvalue weighted by molar-refractivity contribution is 7.86. The number of benzene rings is 4. The molecule has 6 rings (SSSR count). The van der Waals surface area contributed by atoms with E-state index in [1.165, 1.54) is 24.3 Å². The molecule has 14 heteroatoms. The van der Waals surface area contributed by atoms with Crippen LogP contribution in [0, 0.1) is 13.8 Å². The monoisotopic (exact) mass is 682 g/mol. The van der Waals surface area contributed by atoms with Crippen molar-refractivity contribution in [2.24, 2.45) is 10.2 Å². The largest absolute Gasteiger partial charge is 0.295 e. The highest BCUT2D eigenvalue weighted by atomic mass is 32.2. The molecule has 0 aliphatic heterocycles. The molecule has 0 unspecified atom stereocenters. The summed E-state index contributed by atoms with van der Waals surface area (Å²) in [7, 11) is -9.98. The Bertz CT molecular complexity index is 2240. The average Bonchev–Trinajstić information content (AvgIpc) is 3.03. The Morgan fingerprint density at radius 3 is 1.29 bits per heavy atom. The van der Waals surface area contributed by atoms with Crippen molar-refractivity contribution in [3.05, 3.63) is 118 Å². The second-order valence-electron chi connectivity index (χ2n) is 11.0. The number of nitrogens with zero attached hydrogens (tertiary/aromatic N) is 2. The summed E-state index contributed by atoms with van der Waals surface area (Å²) in [6.45, 7) is 3.16. The number of fused-ring (bicyclic) bond motifs is 2. The predicted molar refractivity (Wildman–Crippen MR) is 182 cm³/mol. The number of hydrazone groups is 2. The highest BCUT2D eigenvalue weighted by Gasteiger charge is 2.27. The fourth-order valence-corrected chi connectivity index (χ4v) is 6.83. The number of aryl methyl sites for hydroxylation is 2. The first-order valence-corrected chi connectivity index (χ1v) is 17.2. The molecule has 0 radical (unpaired) electrons. The molecule has 4 aromatic rings. The van der Waals surface area contributed by atoms with Crippen LogP contribution in [0.5, 0.6) is 0 Å². The quantitative estimate of drug-likeness (QED) is 0.147. The number of nitrogens with one attached hydrogen (secondary N) is 2. The van der Waals surface area contributed by atoms with E-state index in [0.717, 1.165) is 23.3 Å². The summed E-state index contributed by atoms with van der Waals surface area (Å²) in [6, 6.07) is 18.9. The Morgan fingerprint density at radius 1 is 0.542 bits per heavy atom. The van der Waals surface area contributed by atoms with Crippen molar-refractivity contribution in [1.82, 2.24) is 0 Å². The van der Waals surface area contributed by atoms with Gasteiger partial charge in [0.2, 0.25) is 11.6 Å². The molecule has 4 aromatic carbocycles. The van der Waals surface area contributed by atoms with Crippen LogP contribution < -0.4 is 10.9 Å². The van der Waals surface area contributed by atoms with Gasteiger partial charge in [-0.15, -0.1) is 0 Å². The molecule has 4 N–H and O–H groups in total. The first-order chi connectivity index (χ1) is 22.7. The zero-order valence-electron chi connectivity index (χ0n) is 25.3. The van der Waals surface area contributed by atoms with Crippen molar-refractivity contribution in [3.8, 4) is 11.1 Å². The Hall–Kier alpha value is -5.54. The molecule has 0 fully saturated rings. The summed E-state index contributed by atoms with van der Waals surface area (Å²) in [4.78, 5) is 23.9. The van der Waals surface area contributed by atoms with Gasteiger partial charge in [-0.1, -0.05) is 60.7 Å². The van der Waals surface area contributed by atoms with E-state index in [1.807, 2.05) is 0 Å². The summed E-state index contributed by atoms with van der Waals surface area (Å²) < 4.78 is 71.2. The van der Waals surface area contributed by atoms with Crippen molar-refractivity contribution < 1.29 is 35.5 Å². The van der Waals surface area contributed by atoms with Crippen molar-refractivity contribution in [3.63, 3.8) is 0 Å². The number of allylic oxidation sites excluding steroid dienone is 2. The standard InChI is InChI=1S/C34H26N4O8S2/c1-19-15-25(31(47(41,42)43)17-27(19)35-37-33-23-9-5-3-7-21(23)11-13-29(33)39)26-16-20(2)28(18-32(26)48(44,45)46)36-38-34-24-10-6-4-8-22(24)12-14-30(34)40/h3-18,35-36H,1-2H3,(H,41,42,43)(H,44,45,46)/b37-33+,38-34+. The fourth-order valence-electron chi connectivity index (χ4n) is 5.40. The van der Waals surface area contributed by atoms with E-state index in [9.17, 15) is 35.5 Å². The van der Waals surface area contributed by atoms with E-state index in [2.05, 4.69) is 21.1 Å². The van der Waals surface area contributed by atoms with Crippen molar-refractivity contribution in [2.75, 3.05) is 10.9 Å². The third-order valence-corrected chi connectivity index (χ3v) is 9.59. The summed E-state index contributed by atoms with van der Waals surface area (Å²) in [5.41, 5.74) is 8.66. The van der Waals surface area contributed by atoms with Gasteiger partial charge in [-0.3, -0.25) is 29.5 Å². The molecule has 242 valence electrons. The molecule has 48 heavy (non-hydrogen) atoms. The Morgan fingerprint density at radius 2 is 0.917 bits per heavy atom. The molecule has 2 aliphatic carbocycles. The maximum atomic E-state index is 12.7. The third kappa shape index (κ3) is 6.24. The Labute approximate surface area is 275 Å². The SMILES string of the molecule is Cc1cc(-c2cc(C)c(N/N=C3/C(=O)C=Cc4ccccc43)cc2S(=O)(=O)O)c(S(=O)(=O)O)cc1N/N=C1/C(=O)C=Cc2ccccc21. The second kappa shape index (κ2) is 12.2. The van der Waals surface area contributed by atoms with Crippen molar-refractivity contribution >= 4 is 66.8 Å². The van der Waals surface area contributed by atoms with Crippen molar-refractivity contribution in [1.29, 1.82) is 0 Å². The van der Waals surface area contributed by atoms with Gasteiger partial charge in [-0.2, -0.15) is 27.0 Å². The topological polar surface area (TPSA) is 192 Å². The summed E-state index contributed by atoms with van der Waals surface area (Å²) in [5, 5.41) is 8.46. The second-order valence-corrected chi connectivity index (χ2v) is 13.8. The molecule has 12 nitrogen and oxygen atoms in total. The first-order valence-electron chi connectivity index (χ1n) is 14.3. The van der Waals surface area contributed by atoms with Gasteiger partial charge in [0.25, 0.3) is 20.2 Å². The van der Waals surface area contributed by atoms with Crippen LogP contribution in [0.25, 0.3) is 23.3 Å².